The second-order valence-electron chi connectivity index (χ2n) is 20.7. The molecule has 16 nitrogen and oxygen atoms in total. The first-order chi connectivity index (χ1) is 30.8. The highest BCUT2D eigenvalue weighted by Gasteiger charge is 2.60. The number of aliphatic hydroxyl groups excluding tert-OH is 1. The number of carboxylic acids is 1. The highest BCUT2D eigenvalue weighted by atomic mass is 32.2. The van der Waals surface area contributed by atoms with Crippen LogP contribution in [-0.2, 0) is 45.2 Å². The Morgan fingerprint density at radius 1 is 1.03 bits per heavy atom. The van der Waals surface area contributed by atoms with E-state index in [1.54, 1.807) is 48.8 Å². The van der Waals surface area contributed by atoms with Gasteiger partial charge in [0.25, 0.3) is 5.91 Å². The third-order valence-corrected chi connectivity index (χ3v) is 18.1. The average Bonchev–Trinajstić information content (AvgIpc) is 3.82. The molecule has 0 unspecified atom stereocenters. The van der Waals surface area contributed by atoms with Crippen molar-refractivity contribution in [2.24, 2.45) is 22.7 Å². The molecule has 18 heteroatoms. The van der Waals surface area contributed by atoms with E-state index in [2.05, 4.69) is 10.0 Å². The third kappa shape index (κ3) is 11.8. The molecule has 0 aliphatic carbocycles. The number of aliphatic carboxylic acids is 1. The summed E-state index contributed by atoms with van der Waals surface area (Å²) in [5.41, 5.74) is -0.442. The van der Waals surface area contributed by atoms with Gasteiger partial charge in [0.1, 0.15) is 17.8 Å². The van der Waals surface area contributed by atoms with Crippen molar-refractivity contribution < 1.29 is 56.8 Å². The number of carbonyl (C=O) groups is 5. The Morgan fingerprint density at radius 2 is 1.71 bits per heavy atom. The van der Waals surface area contributed by atoms with Crippen LogP contribution in [0.2, 0.25) is 0 Å². The number of nitrogens with zero attached hydrogens (tertiary/aromatic N) is 2. The summed E-state index contributed by atoms with van der Waals surface area (Å²) in [7, 11) is -0.716. The van der Waals surface area contributed by atoms with Gasteiger partial charge in [0.15, 0.2) is 11.5 Å². The molecule has 8 atom stereocenters. The number of ketones is 1. The van der Waals surface area contributed by atoms with Gasteiger partial charge < -0.3 is 39.5 Å². The fraction of sp³-hybridized carbons (Fsp3) is 0.729. The van der Waals surface area contributed by atoms with Gasteiger partial charge in [0.05, 0.1) is 37.0 Å². The largest absolute Gasteiger partial charge is 0.493 e. The lowest BCUT2D eigenvalue weighted by Crippen LogP contribution is -2.63. The second-order valence-corrected chi connectivity index (χ2v) is 24.4. The third-order valence-electron chi connectivity index (χ3n) is 14.4. The number of sulfonamides is 1. The quantitative estimate of drug-likeness (QED) is 0.0610. The van der Waals surface area contributed by atoms with E-state index in [-0.39, 0.29) is 35.4 Å². The van der Waals surface area contributed by atoms with Gasteiger partial charge >= 0.3 is 11.9 Å². The van der Waals surface area contributed by atoms with Gasteiger partial charge in [-0.15, -0.1) is 11.8 Å². The minimum absolute atomic E-state index is 0.0253. The van der Waals surface area contributed by atoms with Crippen LogP contribution in [0.25, 0.3) is 0 Å². The van der Waals surface area contributed by atoms with E-state index in [1.807, 2.05) is 45.9 Å². The van der Waals surface area contributed by atoms with Crippen molar-refractivity contribution >= 4 is 51.3 Å². The number of hydrogen-bond acceptors (Lipinski definition) is 13. The molecule has 370 valence electrons. The summed E-state index contributed by atoms with van der Waals surface area (Å²) in [5.74, 6) is -3.04. The number of thioether (sulfide) groups is 1. The lowest BCUT2D eigenvalue weighted by atomic mass is 9.79. The lowest BCUT2D eigenvalue weighted by Gasteiger charge is -2.46. The van der Waals surface area contributed by atoms with Crippen molar-refractivity contribution in [1.82, 2.24) is 19.8 Å². The van der Waals surface area contributed by atoms with E-state index < -0.39 is 79.4 Å². The van der Waals surface area contributed by atoms with E-state index in [4.69, 9.17) is 14.2 Å². The molecule has 4 aliphatic rings. The molecule has 4 N–H and O–H groups in total. The van der Waals surface area contributed by atoms with Crippen LogP contribution >= 0.6 is 11.8 Å². The van der Waals surface area contributed by atoms with Crippen LogP contribution in [0.1, 0.15) is 126 Å². The van der Waals surface area contributed by atoms with Crippen LogP contribution in [0.5, 0.6) is 11.5 Å². The monoisotopic (exact) mass is 962 g/mol. The summed E-state index contributed by atoms with van der Waals surface area (Å²) in [6, 6.07) is 4.14. The van der Waals surface area contributed by atoms with Crippen molar-refractivity contribution in [1.29, 1.82) is 0 Å². The number of rotatable bonds is 23. The molecular weight excluding hydrogens is 889 g/mol. The van der Waals surface area contributed by atoms with Crippen LogP contribution in [-0.4, -0.2) is 132 Å². The molecule has 1 aromatic carbocycles. The first-order valence-electron chi connectivity index (χ1n) is 23.4. The lowest BCUT2D eigenvalue weighted by molar-refractivity contribution is -0.165. The topological polar surface area (TPSA) is 218 Å². The number of nitrogens with one attached hydrogen (secondary N) is 2. The minimum Gasteiger partial charge on any atom is -0.493 e. The van der Waals surface area contributed by atoms with E-state index in [9.17, 15) is 42.6 Å². The first-order valence-corrected chi connectivity index (χ1v) is 25.8. The average molecular weight is 963 g/mol. The van der Waals surface area contributed by atoms with Crippen molar-refractivity contribution in [3.8, 4) is 11.5 Å². The van der Waals surface area contributed by atoms with Crippen molar-refractivity contribution in [2.75, 3.05) is 33.9 Å². The molecule has 0 bridgehead atoms. The normalized spacial score (nSPS) is 24.7. The maximum atomic E-state index is 14.1. The van der Waals surface area contributed by atoms with Gasteiger partial charge in [-0.05, 0) is 108 Å². The Morgan fingerprint density at radius 3 is 2.33 bits per heavy atom. The predicted molar refractivity (Wildman–Crippen MR) is 252 cm³/mol. The minimum atomic E-state index is -3.84. The van der Waals surface area contributed by atoms with Crippen LogP contribution in [0.4, 0.5) is 0 Å². The number of amides is 2. The molecule has 0 saturated carbocycles. The Bertz CT molecular complexity index is 2120. The van der Waals surface area contributed by atoms with E-state index in [0.29, 0.717) is 93.7 Å². The van der Waals surface area contributed by atoms with E-state index in [0.717, 1.165) is 5.56 Å². The predicted octanol–water partition coefficient (Wildman–Crippen LogP) is 5.45. The summed E-state index contributed by atoms with van der Waals surface area (Å²) in [6.45, 7) is 17.2. The Hall–Kier alpha value is -3.71. The summed E-state index contributed by atoms with van der Waals surface area (Å²) in [4.78, 5) is 69.4. The number of benzene rings is 1. The molecule has 1 aromatic rings. The van der Waals surface area contributed by atoms with Crippen LogP contribution < -0.4 is 19.5 Å². The van der Waals surface area contributed by atoms with Gasteiger partial charge in [-0.2, -0.15) is 0 Å². The van der Waals surface area contributed by atoms with Crippen LogP contribution in [0.15, 0.2) is 28.8 Å². The number of carbonyl (C=O) groups excluding carboxylic acids is 4. The van der Waals surface area contributed by atoms with Gasteiger partial charge in [-0.1, -0.05) is 47.6 Å². The number of carboxylic acid groups (broad SMARTS) is 1. The highest BCUT2D eigenvalue weighted by Crippen LogP contribution is 2.52. The summed E-state index contributed by atoms with van der Waals surface area (Å²) in [5, 5.41) is 23.6. The SMILES string of the molecule is CCC(C)(C)C(=O)C(=O)N1CCCC[C@H]1C(=O)O[C@H](CCc1ccc(OC)c(OC)c1)CC(C)(C)CCC(C)(C)S(=O)(=O)NC[C@@H]1C[C@H](SC2=C(C(=O)O)N3C(=O)[C@H]([C@@H](C)O)[C@H]3[C@H]2C)CN1. The van der Waals surface area contributed by atoms with Gasteiger partial charge in [0.2, 0.25) is 21.7 Å². The summed E-state index contributed by atoms with van der Waals surface area (Å²) < 4.78 is 46.8. The zero-order chi connectivity index (χ0) is 49.1. The van der Waals surface area contributed by atoms with Crippen molar-refractivity contribution in [3.63, 3.8) is 0 Å². The number of β-lactam (4-membered cyclic amide) rings is 1. The molecule has 4 aliphatic heterocycles. The number of esters is 1. The summed E-state index contributed by atoms with van der Waals surface area (Å²) >= 11 is 1.41. The van der Waals surface area contributed by atoms with E-state index >= 15 is 0 Å². The molecule has 2 amide bonds. The zero-order valence-electron chi connectivity index (χ0n) is 40.7. The van der Waals surface area contributed by atoms with Crippen LogP contribution in [0.3, 0.4) is 0 Å². The number of hydrogen-bond donors (Lipinski definition) is 4. The standard InChI is InChI=1S/C48H74N4O12S2/c1-12-47(6,7)41(54)43(56)51-22-14-13-15-34(51)45(59)64-32(18-16-30-17-19-35(62-10)36(23-30)63-11)25-46(4,5)20-21-48(8,9)66(60,61)50-26-31-24-33(27-49-31)65-40-28(2)38-37(29(3)53)42(55)52(38)39(40)44(57)58/h17,19,23,28-29,31-34,37-38,49-50,53H,12-16,18,20-22,24-27H2,1-11H3,(H,57,58)/t28-,29-,31+,32-,33+,34+,37-,38-/m1/s1. The molecule has 3 saturated heterocycles. The fourth-order valence-corrected chi connectivity index (χ4v) is 12.3. The molecule has 0 radical (unpaired) electrons. The summed E-state index contributed by atoms with van der Waals surface area (Å²) in [6.07, 6.45) is 3.52. The maximum absolute atomic E-state index is 14.1. The molecule has 4 heterocycles. The highest BCUT2D eigenvalue weighted by molar-refractivity contribution is 8.03. The second kappa shape index (κ2) is 21.3. The molecular formula is C48H74N4O12S2. The number of piperidine rings is 1. The Balaban J connectivity index is 1.22. The number of fused-ring (bicyclic) bond motifs is 1. The Kier molecular flexibility index (Phi) is 17.2. The maximum Gasteiger partial charge on any atom is 0.353 e. The number of aryl methyl sites for hydroxylation is 1. The van der Waals surface area contributed by atoms with Gasteiger partial charge in [-0.3, -0.25) is 14.4 Å². The first kappa shape index (κ1) is 53.2. The molecule has 0 spiro atoms. The number of ether oxygens (including phenoxy) is 3. The van der Waals surface area contributed by atoms with Crippen molar-refractivity contribution in [3.05, 3.63) is 34.4 Å². The van der Waals surface area contributed by atoms with Crippen LogP contribution in [0, 0.1) is 22.7 Å². The number of methoxy groups -OCH3 is 2. The zero-order valence-corrected chi connectivity index (χ0v) is 42.4. The number of aliphatic hydroxyl groups is 1. The molecule has 3 fully saturated rings. The van der Waals surface area contributed by atoms with Gasteiger partial charge in [-0.25, -0.2) is 22.7 Å². The number of likely N-dealkylation sites (tertiary alicyclic amines) is 1. The van der Waals surface area contributed by atoms with E-state index in [1.165, 1.54) is 21.6 Å². The molecule has 5 rings (SSSR count). The molecule has 66 heavy (non-hydrogen) atoms. The fourth-order valence-electron chi connectivity index (χ4n) is 9.59. The Labute approximate surface area is 395 Å². The van der Waals surface area contributed by atoms with Crippen molar-refractivity contribution in [2.45, 2.75) is 167 Å². The number of Topliss-reactive ketones (excluding diaryl/α,β-unsaturated/α-hetero) is 1. The molecule has 0 aromatic heterocycles. The van der Waals surface area contributed by atoms with Gasteiger partial charge in [0, 0.05) is 47.2 Å². The smallest absolute Gasteiger partial charge is 0.353 e.